The minimum Gasteiger partial charge on any atom is -0.311 e. The molecule has 0 aromatic rings. The van der Waals surface area contributed by atoms with E-state index in [2.05, 4.69) is 37.1 Å². The number of nitrogens with one attached hydrogen (secondary N) is 1. The molecule has 2 aliphatic heterocycles. The lowest BCUT2D eigenvalue weighted by Gasteiger charge is -2.36. The number of rotatable bonds is 4. The summed E-state index contributed by atoms with van der Waals surface area (Å²) in [6, 6.07) is 2.44. The van der Waals surface area contributed by atoms with Gasteiger partial charge in [-0.15, -0.1) is 0 Å². The first-order valence-electron chi connectivity index (χ1n) is 6.82. The van der Waals surface area contributed by atoms with Gasteiger partial charge in [0.05, 0.1) is 0 Å². The number of piperidine rings is 1. The fraction of sp³-hybridized carbons (Fsp3) is 0.857. The fourth-order valence-corrected chi connectivity index (χ4v) is 3.16. The van der Waals surface area contributed by atoms with Gasteiger partial charge in [-0.1, -0.05) is 18.6 Å². The highest BCUT2D eigenvalue weighted by atomic mass is 15.2. The van der Waals surface area contributed by atoms with Gasteiger partial charge in [-0.25, -0.2) is 0 Å². The zero-order valence-electron chi connectivity index (χ0n) is 11.0. The van der Waals surface area contributed by atoms with E-state index in [-0.39, 0.29) is 0 Å². The number of allylic oxidation sites excluding steroid dienone is 1. The molecule has 0 aromatic carbocycles. The fourth-order valence-electron chi connectivity index (χ4n) is 3.16. The molecule has 0 aromatic heterocycles. The Kier molecular flexibility index (Phi) is 4.04. The van der Waals surface area contributed by atoms with Crippen molar-refractivity contribution in [3.63, 3.8) is 0 Å². The summed E-state index contributed by atoms with van der Waals surface area (Å²) in [5.74, 6) is 0. The van der Waals surface area contributed by atoms with Gasteiger partial charge in [0.1, 0.15) is 0 Å². The van der Waals surface area contributed by atoms with Gasteiger partial charge in [0.15, 0.2) is 0 Å². The molecule has 2 fully saturated rings. The largest absolute Gasteiger partial charge is 0.311 e. The Morgan fingerprint density at radius 1 is 1.25 bits per heavy atom. The summed E-state index contributed by atoms with van der Waals surface area (Å²) in [5.41, 5.74) is 1.44. The number of hydrogen-bond donors (Lipinski definition) is 1. The highest BCUT2D eigenvalue weighted by molar-refractivity contribution is 4.99. The third kappa shape index (κ3) is 2.86. The van der Waals surface area contributed by atoms with Crippen LogP contribution in [0.1, 0.15) is 46.5 Å². The maximum absolute atomic E-state index is 3.72. The van der Waals surface area contributed by atoms with Gasteiger partial charge < -0.3 is 5.32 Å². The smallest absolute Gasteiger partial charge is 0.0168 e. The van der Waals surface area contributed by atoms with E-state index in [9.17, 15) is 0 Å². The molecule has 0 spiro atoms. The topological polar surface area (TPSA) is 15.3 Å². The zero-order valence-corrected chi connectivity index (χ0v) is 11.0. The van der Waals surface area contributed by atoms with Crippen LogP contribution in [0.15, 0.2) is 11.6 Å². The van der Waals surface area contributed by atoms with Crippen LogP contribution in [0.4, 0.5) is 0 Å². The second-order valence-corrected chi connectivity index (χ2v) is 5.63. The van der Waals surface area contributed by atoms with Crippen molar-refractivity contribution >= 4 is 0 Å². The monoisotopic (exact) mass is 222 g/mol. The van der Waals surface area contributed by atoms with Crippen molar-refractivity contribution in [2.45, 2.75) is 64.6 Å². The Labute approximate surface area is 100 Å². The summed E-state index contributed by atoms with van der Waals surface area (Å²) >= 11 is 0. The van der Waals surface area contributed by atoms with E-state index in [0.29, 0.717) is 0 Å². The molecule has 2 heterocycles. The molecule has 2 nitrogen and oxygen atoms in total. The predicted molar refractivity (Wildman–Crippen MR) is 69.6 cm³/mol. The molecule has 2 heteroatoms. The van der Waals surface area contributed by atoms with E-state index in [0.717, 1.165) is 24.7 Å². The lowest BCUT2D eigenvalue weighted by molar-refractivity contribution is 0.162. The summed E-state index contributed by atoms with van der Waals surface area (Å²) in [5, 5.41) is 3.72. The Balaban J connectivity index is 1.91. The van der Waals surface area contributed by atoms with Gasteiger partial charge in [0.25, 0.3) is 0 Å². The van der Waals surface area contributed by atoms with Crippen LogP contribution in [0.5, 0.6) is 0 Å². The summed E-state index contributed by atoms with van der Waals surface area (Å²) in [7, 11) is 0. The standard InChI is InChI=1S/C14H26N2/c1-4-16(8-7-11(2)3)14-9-12-5-6-13(10-14)15-12/h7,12-15H,4-6,8-10H2,1-3H3. The van der Waals surface area contributed by atoms with Crippen LogP contribution >= 0.6 is 0 Å². The summed E-state index contributed by atoms with van der Waals surface area (Å²) in [6.45, 7) is 9.01. The quantitative estimate of drug-likeness (QED) is 0.735. The van der Waals surface area contributed by atoms with Crippen LogP contribution in [0.25, 0.3) is 0 Å². The van der Waals surface area contributed by atoms with E-state index in [1.54, 1.807) is 0 Å². The molecule has 92 valence electrons. The van der Waals surface area contributed by atoms with E-state index in [1.807, 2.05) is 0 Å². The van der Waals surface area contributed by atoms with Gasteiger partial charge >= 0.3 is 0 Å². The van der Waals surface area contributed by atoms with Gasteiger partial charge in [0, 0.05) is 24.7 Å². The number of nitrogens with zero attached hydrogens (tertiary/aromatic N) is 1. The molecule has 2 rings (SSSR count). The van der Waals surface area contributed by atoms with Gasteiger partial charge in [-0.2, -0.15) is 0 Å². The predicted octanol–water partition coefficient (Wildman–Crippen LogP) is 2.56. The molecule has 2 atom stereocenters. The highest BCUT2D eigenvalue weighted by Gasteiger charge is 2.35. The van der Waals surface area contributed by atoms with E-state index < -0.39 is 0 Å². The summed E-state index contributed by atoms with van der Waals surface area (Å²) < 4.78 is 0. The van der Waals surface area contributed by atoms with Gasteiger partial charge in [-0.3, -0.25) is 4.90 Å². The van der Waals surface area contributed by atoms with E-state index in [1.165, 1.54) is 37.8 Å². The molecule has 0 radical (unpaired) electrons. The molecular formula is C14H26N2. The van der Waals surface area contributed by atoms with Crippen LogP contribution in [0, 0.1) is 0 Å². The van der Waals surface area contributed by atoms with Crippen LogP contribution in [0.3, 0.4) is 0 Å². The maximum Gasteiger partial charge on any atom is 0.0168 e. The Hall–Kier alpha value is -0.340. The third-order valence-corrected chi connectivity index (χ3v) is 4.10. The minimum absolute atomic E-state index is 0.810. The number of hydrogen-bond acceptors (Lipinski definition) is 2. The zero-order chi connectivity index (χ0) is 11.5. The highest BCUT2D eigenvalue weighted by Crippen LogP contribution is 2.29. The van der Waals surface area contributed by atoms with Gasteiger partial charge in [0.2, 0.25) is 0 Å². The lowest BCUT2D eigenvalue weighted by Crippen LogP contribution is -2.48. The average molecular weight is 222 g/mol. The van der Waals surface area contributed by atoms with Crippen molar-refractivity contribution in [2.75, 3.05) is 13.1 Å². The summed E-state index contributed by atoms with van der Waals surface area (Å²) in [6.07, 6.45) is 7.90. The Bertz CT molecular complexity index is 243. The Morgan fingerprint density at radius 2 is 1.88 bits per heavy atom. The van der Waals surface area contributed by atoms with Crippen molar-refractivity contribution in [3.05, 3.63) is 11.6 Å². The molecular weight excluding hydrogens is 196 g/mol. The number of fused-ring (bicyclic) bond motifs is 2. The van der Waals surface area contributed by atoms with Crippen LogP contribution in [-0.4, -0.2) is 36.1 Å². The first-order valence-corrected chi connectivity index (χ1v) is 6.82. The molecule has 0 amide bonds. The molecule has 2 aliphatic rings. The van der Waals surface area contributed by atoms with E-state index >= 15 is 0 Å². The molecule has 2 bridgehead atoms. The maximum atomic E-state index is 3.72. The summed E-state index contributed by atoms with van der Waals surface area (Å²) in [4.78, 5) is 2.65. The van der Waals surface area contributed by atoms with Gasteiger partial charge in [-0.05, 0) is 46.1 Å². The van der Waals surface area contributed by atoms with Crippen molar-refractivity contribution in [3.8, 4) is 0 Å². The van der Waals surface area contributed by atoms with E-state index in [4.69, 9.17) is 0 Å². The van der Waals surface area contributed by atoms with Crippen molar-refractivity contribution < 1.29 is 0 Å². The molecule has 0 aliphatic carbocycles. The van der Waals surface area contributed by atoms with Crippen LogP contribution in [-0.2, 0) is 0 Å². The third-order valence-electron chi connectivity index (χ3n) is 4.10. The number of likely N-dealkylation sites (N-methyl/N-ethyl adjacent to an activating group) is 1. The molecule has 1 N–H and O–H groups in total. The lowest BCUT2D eigenvalue weighted by atomic mass is 9.98. The van der Waals surface area contributed by atoms with Crippen molar-refractivity contribution in [1.82, 2.24) is 10.2 Å². The van der Waals surface area contributed by atoms with Crippen molar-refractivity contribution in [2.24, 2.45) is 0 Å². The minimum atomic E-state index is 0.810. The normalized spacial score (nSPS) is 33.1. The molecule has 2 unspecified atom stereocenters. The Morgan fingerprint density at radius 3 is 2.38 bits per heavy atom. The van der Waals surface area contributed by atoms with Crippen LogP contribution < -0.4 is 5.32 Å². The molecule has 16 heavy (non-hydrogen) atoms. The SMILES string of the molecule is CCN(CC=C(C)C)C1CC2CCC(C1)N2. The second kappa shape index (κ2) is 5.33. The first-order chi connectivity index (χ1) is 7.69. The van der Waals surface area contributed by atoms with Crippen LogP contribution in [0.2, 0.25) is 0 Å². The molecule has 2 saturated heterocycles. The van der Waals surface area contributed by atoms with Crippen molar-refractivity contribution in [1.29, 1.82) is 0 Å². The average Bonchev–Trinajstić information content (AvgIpc) is 2.58. The first kappa shape index (κ1) is 12.1. The second-order valence-electron chi connectivity index (χ2n) is 5.63. The molecule has 0 saturated carbocycles.